The number of aromatic nitrogens is 2. The molecule has 0 saturated carbocycles. The van der Waals surface area contributed by atoms with E-state index in [1.54, 1.807) is 0 Å². The van der Waals surface area contributed by atoms with Crippen molar-refractivity contribution in [2.75, 3.05) is 0 Å². The number of fused-ring (bicyclic) bond motifs is 1. The van der Waals surface area contributed by atoms with Gasteiger partial charge in [0.1, 0.15) is 10.9 Å². The van der Waals surface area contributed by atoms with Gasteiger partial charge in [0.05, 0.1) is 10.4 Å². The van der Waals surface area contributed by atoms with Crippen molar-refractivity contribution in [3.63, 3.8) is 0 Å². The van der Waals surface area contributed by atoms with Crippen LogP contribution in [0.1, 0.15) is 0 Å². The summed E-state index contributed by atoms with van der Waals surface area (Å²) in [5.74, 6) is -0.905. The molecular weight excluding hydrogens is 269 g/mol. The van der Waals surface area contributed by atoms with E-state index in [9.17, 15) is 14.5 Å². The normalized spacial score (nSPS) is 10.5. The van der Waals surface area contributed by atoms with Gasteiger partial charge >= 0.3 is 5.69 Å². The van der Waals surface area contributed by atoms with E-state index in [1.165, 1.54) is 6.33 Å². The highest BCUT2D eigenvalue weighted by atomic mass is 79.9. The Bertz CT molecular complexity index is 561. The molecule has 5 nitrogen and oxygen atoms in total. The first-order chi connectivity index (χ1) is 7.09. The number of halogens is 2. The first kappa shape index (κ1) is 9.91. The fourth-order valence-corrected chi connectivity index (χ4v) is 1.58. The van der Waals surface area contributed by atoms with Gasteiger partial charge in [-0.05, 0) is 15.9 Å². The molecule has 0 N–H and O–H groups in total. The summed E-state index contributed by atoms with van der Waals surface area (Å²) in [6.45, 7) is 0. The van der Waals surface area contributed by atoms with E-state index in [-0.39, 0.29) is 0 Å². The number of rotatable bonds is 1. The number of nitro benzene ring substituents is 1. The molecular formula is C8H3BrFN3O2. The van der Waals surface area contributed by atoms with Gasteiger partial charge < -0.3 is 0 Å². The van der Waals surface area contributed by atoms with Crippen molar-refractivity contribution >= 4 is 32.5 Å². The van der Waals surface area contributed by atoms with E-state index in [2.05, 4.69) is 25.9 Å². The molecule has 0 spiro atoms. The fourth-order valence-electron chi connectivity index (χ4n) is 1.17. The maximum absolute atomic E-state index is 13.2. The predicted octanol–water partition coefficient (Wildman–Crippen LogP) is 2.44. The number of nitrogens with zero attached hydrogens (tertiary/aromatic N) is 3. The van der Waals surface area contributed by atoms with Gasteiger partial charge in [0.15, 0.2) is 0 Å². The van der Waals surface area contributed by atoms with Crippen molar-refractivity contribution in [3.05, 3.63) is 39.0 Å². The lowest BCUT2D eigenvalue weighted by Gasteiger charge is -1.99. The molecule has 7 heteroatoms. The molecule has 0 atom stereocenters. The molecule has 0 fully saturated rings. The van der Waals surface area contributed by atoms with Crippen molar-refractivity contribution in [2.45, 2.75) is 0 Å². The Balaban J connectivity index is 2.83. The molecule has 0 unspecified atom stereocenters. The van der Waals surface area contributed by atoms with Crippen LogP contribution >= 0.6 is 15.9 Å². The minimum Gasteiger partial charge on any atom is -0.258 e. The number of hydrogen-bond donors (Lipinski definition) is 0. The Morgan fingerprint density at radius 2 is 2.13 bits per heavy atom. The van der Waals surface area contributed by atoms with Crippen LogP contribution in [0.4, 0.5) is 10.1 Å². The van der Waals surface area contributed by atoms with Crippen molar-refractivity contribution in [1.29, 1.82) is 0 Å². The van der Waals surface area contributed by atoms with Crippen molar-refractivity contribution in [3.8, 4) is 0 Å². The van der Waals surface area contributed by atoms with Gasteiger partial charge in [-0.25, -0.2) is 9.97 Å². The lowest BCUT2D eigenvalue weighted by Crippen LogP contribution is -1.94. The molecule has 0 aliphatic rings. The van der Waals surface area contributed by atoms with E-state index >= 15 is 0 Å². The second-order valence-electron chi connectivity index (χ2n) is 2.74. The number of benzene rings is 1. The fraction of sp³-hybridized carbons (Fsp3) is 0. The lowest BCUT2D eigenvalue weighted by atomic mass is 10.2. The summed E-state index contributed by atoms with van der Waals surface area (Å²) in [5, 5.41) is 10.9. The minimum absolute atomic E-state index is 0.319. The molecule has 0 aliphatic carbocycles. The molecule has 1 aromatic carbocycles. The third-order valence-corrected chi connectivity index (χ3v) is 2.48. The average molecular weight is 272 g/mol. The summed E-state index contributed by atoms with van der Waals surface area (Å²) in [7, 11) is 0. The van der Waals surface area contributed by atoms with Gasteiger partial charge in [0.25, 0.3) is 0 Å². The van der Waals surface area contributed by atoms with Crippen LogP contribution in [0.3, 0.4) is 0 Å². The van der Waals surface area contributed by atoms with Gasteiger partial charge in [-0.1, -0.05) is 0 Å². The van der Waals surface area contributed by atoms with Gasteiger partial charge in [0.2, 0.25) is 5.82 Å². The Morgan fingerprint density at radius 3 is 2.80 bits per heavy atom. The van der Waals surface area contributed by atoms with E-state index in [0.717, 1.165) is 12.1 Å². The van der Waals surface area contributed by atoms with Crippen LogP contribution in [0.25, 0.3) is 10.9 Å². The highest BCUT2D eigenvalue weighted by Gasteiger charge is 2.16. The molecule has 0 amide bonds. The van der Waals surface area contributed by atoms with E-state index in [4.69, 9.17) is 0 Å². The molecule has 0 aliphatic heterocycles. The third-order valence-electron chi connectivity index (χ3n) is 1.85. The molecule has 2 rings (SSSR count). The molecule has 0 radical (unpaired) electrons. The highest BCUT2D eigenvalue weighted by Crippen LogP contribution is 2.26. The van der Waals surface area contributed by atoms with E-state index in [0.29, 0.717) is 15.5 Å². The third kappa shape index (κ3) is 1.65. The lowest BCUT2D eigenvalue weighted by molar-refractivity contribution is -0.387. The molecule has 15 heavy (non-hydrogen) atoms. The van der Waals surface area contributed by atoms with Gasteiger partial charge in [-0.2, -0.15) is 4.39 Å². The summed E-state index contributed by atoms with van der Waals surface area (Å²) in [5.41, 5.74) is -0.266. The summed E-state index contributed by atoms with van der Waals surface area (Å²) in [6, 6.07) is 2.12. The van der Waals surface area contributed by atoms with Crippen LogP contribution in [-0.4, -0.2) is 14.9 Å². The van der Waals surface area contributed by atoms with Crippen LogP contribution < -0.4 is 0 Å². The first-order valence-corrected chi connectivity index (χ1v) is 4.63. The van der Waals surface area contributed by atoms with Crippen molar-refractivity contribution in [1.82, 2.24) is 9.97 Å². The van der Waals surface area contributed by atoms with Gasteiger partial charge in [-0.15, -0.1) is 0 Å². The summed E-state index contributed by atoms with van der Waals surface area (Å²) in [6.07, 6.45) is 1.25. The maximum atomic E-state index is 13.2. The smallest absolute Gasteiger partial charge is 0.258 e. The monoisotopic (exact) mass is 271 g/mol. The standard InChI is InChI=1S/C8H3BrFN3O2/c9-8-4-1-7(13(14)15)5(10)2-6(4)11-3-12-8/h1-3H. The minimum atomic E-state index is -0.905. The van der Waals surface area contributed by atoms with E-state index < -0.39 is 16.4 Å². The summed E-state index contributed by atoms with van der Waals surface area (Å²) in [4.78, 5) is 17.3. The summed E-state index contributed by atoms with van der Waals surface area (Å²) >= 11 is 3.11. The van der Waals surface area contributed by atoms with Crippen LogP contribution in [0.15, 0.2) is 23.1 Å². The predicted molar refractivity (Wildman–Crippen MR) is 53.9 cm³/mol. The average Bonchev–Trinajstić information content (AvgIpc) is 2.16. The number of nitro groups is 1. The van der Waals surface area contributed by atoms with Crippen LogP contribution in [0, 0.1) is 15.9 Å². The Morgan fingerprint density at radius 1 is 1.40 bits per heavy atom. The first-order valence-electron chi connectivity index (χ1n) is 3.84. The molecule has 0 saturated heterocycles. The second kappa shape index (κ2) is 3.50. The SMILES string of the molecule is O=[N+]([O-])c1cc2c(Br)ncnc2cc1F. The molecule has 0 bridgehead atoms. The van der Waals surface area contributed by atoms with Crippen LogP contribution in [0.2, 0.25) is 0 Å². The zero-order chi connectivity index (χ0) is 11.0. The molecule has 76 valence electrons. The Labute approximate surface area is 91.2 Å². The maximum Gasteiger partial charge on any atom is 0.305 e. The Kier molecular flexibility index (Phi) is 2.31. The highest BCUT2D eigenvalue weighted by molar-refractivity contribution is 9.10. The molecule has 1 heterocycles. The van der Waals surface area contributed by atoms with Crippen molar-refractivity contribution < 1.29 is 9.31 Å². The largest absolute Gasteiger partial charge is 0.305 e. The van der Waals surface area contributed by atoms with Gasteiger partial charge in [0, 0.05) is 17.5 Å². The zero-order valence-corrected chi connectivity index (χ0v) is 8.73. The van der Waals surface area contributed by atoms with Gasteiger partial charge in [-0.3, -0.25) is 10.1 Å². The van der Waals surface area contributed by atoms with Crippen LogP contribution in [0.5, 0.6) is 0 Å². The summed E-state index contributed by atoms with van der Waals surface area (Å²) < 4.78 is 13.6. The quantitative estimate of drug-likeness (QED) is 0.454. The van der Waals surface area contributed by atoms with Crippen molar-refractivity contribution in [2.24, 2.45) is 0 Å². The Hall–Kier alpha value is -1.63. The van der Waals surface area contributed by atoms with Crippen LogP contribution in [-0.2, 0) is 0 Å². The molecule has 2 aromatic rings. The second-order valence-corrected chi connectivity index (χ2v) is 3.49. The molecule has 1 aromatic heterocycles. The van der Waals surface area contributed by atoms with E-state index in [1.807, 2.05) is 0 Å². The number of hydrogen-bond acceptors (Lipinski definition) is 4. The zero-order valence-electron chi connectivity index (χ0n) is 7.15. The topological polar surface area (TPSA) is 68.9 Å².